The molecule has 2 aliphatic heterocycles. The van der Waals surface area contributed by atoms with Gasteiger partial charge in [0.2, 0.25) is 0 Å². The van der Waals surface area contributed by atoms with Gasteiger partial charge in [-0.15, -0.1) is 0 Å². The Morgan fingerprint density at radius 2 is 1.89 bits per heavy atom. The highest BCUT2D eigenvalue weighted by atomic mass is 16.7. The first-order valence-electron chi connectivity index (χ1n) is 11.4. The van der Waals surface area contributed by atoms with Crippen LogP contribution < -0.4 is 18.9 Å². The van der Waals surface area contributed by atoms with E-state index in [0.29, 0.717) is 51.9 Å². The van der Waals surface area contributed by atoms with Gasteiger partial charge in [-0.2, -0.15) is 0 Å². The Labute approximate surface area is 207 Å². The van der Waals surface area contributed by atoms with Gasteiger partial charge in [-0.25, -0.2) is 0 Å². The summed E-state index contributed by atoms with van der Waals surface area (Å²) in [6.07, 6.45) is 1.77. The summed E-state index contributed by atoms with van der Waals surface area (Å²) in [5.74, 6) is 1.98. The molecule has 0 atom stereocenters. The van der Waals surface area contributed by atoms with E-state index in [1.807, 2.05) is 19.1 Å². The van der Waals surface area contributed by atoms with Crippen LogP contribution in [0.25, 0.3) is 6.08 Å². The van der Waals surface area contributed by atoms with Gasteiger partial charge >= 0.3 is 0 Å². The molecule has 36 heavy (non-hydrogen) atoms. The molecular weight excluding hydrogens is 466 g/mol. The largest absolute Gasteiger partial charge is 0.490 e. The Balaban J connectivity index is 1.39. The van der Waals surface area contributed by atoms with E-state index in [9.17, 15) is 14.9 Å². The Hall–Kier alpha value is -4.37. The first kappa shape index (κ1) is 23.4. The van der Waals surface area contributed by atoms with Gasteiger partial charge < -0.3 is 23.7 Å². The lowest BCUT2D eigenvalue weighted by atomic mass is 9.98. The quantitative estimate of drug-likeness (QED) is 0.256. The summed E-state index contributed by atoms with van der Waals surface area (Å²) in [5, 5.41) is 11.4. The van der Waals surface area contributed by atoms with Crippen molar-refractivity contribution in [3.05, 3.63) is 92.5 Å². The predicted octanol–water partition coefficient (Wildman–Crippen LogP) is 5.10. The van der Waals surface area contributed by atoms with Crippen LogP contribution >= 0.6 is 0 Å². The zero-order valence-corrected chi connectivity index (χ0v) is 19.5. The van der Waals surface area contributed by atoms with E-state index in [4.69, 9.17) is 23.7 Å². The van der Waals surface area contributed by atoms with Crippen LogP contribution in [0.4, 0.5) is 5.69 Å². The average molecular weight is 489 g/mol. The van der Waals surface area contributed by atoms with Gasteiger partial charge in [0.25, 0.3) is 5.69 Å². The van der Waals surface area contributed by atoms with Gasteiger partial charge in [-0.1, -0.05) is 18.2 Å². The molecule has 0 fully saturated rings. The molecule has 9 heteroatoms. The Morgan fingerprint density at radius 1 is 1.03 bits per heavy atom. The number of ether oxygens (including phenoxy) is 5. The number of nitrogens with zero attached hydrogens (tertiary/aromatic N) is 1. The van der Waals surface area contributed by atoms with Crippen LogP contribution in [-0.2, 0) is 18.0 Å². The summed E-state index contributed by atoms with van der Waals surface area (Å²) in [6, 6.07) is 15.4. The third-order valence-corrected chi connectivity index (χ3v) is 5.78. The summed E-state index contributed by atoms with van der Waals surface area (Å²) in [4.78, 5) is 23.8. The lowest BCUT2D eigenvalue weighted by Crippen LogP contribution is -2.18. The van der Waals surface area contributed by atoms with Crippen molar-refractivity contribution in [2.75, 3.05) is 20.0 Å². The van der Waals surface area contributed by atoms with Crippen molar-refractivity contribution in [3.63, 3.8) is 0 Å². The molecule has 0 saturated heterocycles. The summed E-state index contributed by atoms with van der Waals surface area (Å²) in [7, 11) is 0. The molecule has 0 N–H and O–H groups in total. The normalized spacial score (nSPS) is 15.4. The van der Waals surface area contributed by atoms with Crippen molar-refractivity contribution in [1.29, 1.82) is 0 Å². The van der Waals surface area contributed by atoms with Crippen LogP contribution in [0.5, 0.6) is 23.0 Å². The number of hydrogen-bond acceptors (Lipinski definition) is 8. The van der Waals surface area contributed by atoms with Gasteiger partial charge in [0.15, 0.2) is 24.1 Å². The van der Waals surface area contributed by atoms with Gasteiger partial charge in [0, 0.05) is 28.8 Å². The van der Waals surface area contributed by atoms with Crippen molar-refractivity contribution in [2.24, 2.45) is 0 Å². The van der Waals surface area contributed by atoms with Crippen LogP contribution in [0.15, 0.2) is 60.2 Å². The molecule has 2 aliphatic rings. The molecule has 0 amide bonds. The van der Waals surface area contributed by atoms with Gasteiger partial charge in [-0.05, 0) is 42.8 Å². The molecule has 9 nitrogen and oxygen atoms in total. The average Bonchev–Trinajstić information content (AvgIpc) is 2.90. The van der Waals surface area contributed by atoms with E-state index in [0.717, 1.165) is 5.56 Å². The van der Waals surface area contributed by atoms with Crippen LogP contribution in [0.1, 0.15) is 34.0 Å². The number of nitro groups is 1. The first-order chi connectivity index (χ1) is 17.5. The monoisotopic (exact) mass is 489 g/mol. The molecule has 3 aromatic rings. The number of rotatable bonds is 7. The molecule has 0 spiro atoms. The van der Waals surface area contributed by atoms with Gasteiger partial charge in [0.05, 0.1) is 23.7 Å². The number of hydrogen-bond donors (Lipinski definition) is 0. The second-order valence-corrected chi connectivity index (χ2v) is 8.17. The van der Waals surface area contributed by atoms with Crippen molar-refractivity contribution in [2.45, 2.75) is 20.1 Å². The maximum Gasteiger partial charge on any atom is 0.270 e. The number of carbonyl (C=O) groups is 1. The number of non-ortho nitro benzene ring substituents is 1. The maximum atomic E-state index is 12.9. The molecule has 3 aromatic carbocycles. The lowest BCUT2D eigenvalue weighted by molar-refractivity contribution is -0.385. The van der Waals surface area contributed by atoms with Crippen molar-refractivity contribution in [1.82, 2.24) is 0 Å². The van der Waals surface area contributed by atoms with E-state index < -0.39 is 4.92 Å². The molecule has 0 unspecified atom stereocenters. The highest BCUT2D eigenvalue weighted by Gasteiger charge is 2.24. The summed E-state index contributed by atoms with van der Waals surface area (Å²) in [5.41, 5.74) is 2.90. The fourth-order valence-electron chi connectivity index (χ4n) is 4.13. The Bertz CT molecular complexity index is 1360. The molecule has 0 saturated carbocycles. The summed E-state index contributed by atoms with van der Waals surface area (Å²) < 4.78 is 28.4. The molecule has 0 aliphatic carbocycles. The zero-order valence-electron chi connectivity index (χ0n) is 19.5. The van der Waals surface area contributed by atoms with Crippen molar-refractivity contribution >= 4 is 17.5 Å². The smallest absolute Gasteiger partial charge is 0.270 e. The summed E-state index contributed by atoms with van der Waals surface area (Å²) in [6.45, 7) is 2.77. The fourth-order valence-corrected chi connectivity index (χ4v) is 4.13. The minimum atomic E-state index is -0.457. The molecule has 0 aromatic heterocycles. The molecule has 0 radical (unpaired) electrons. The molecule has 184 valence electrons. The number of benzene rings is 3. The lowest BCUT2D eigenvalue weighted by Gasteiger charge is -2.21. The van der Waals surface area contributed by atoms with E-state index in [2.05, 4.69) is 0 Å². The highest BCUT2D eigenvalue weighted by Crippen LogP contribution is 2.36. The number of Topliss-reactive ketones (excluding diaryl/α,β-unsaturated/α-hetero) is 1. The van der Waals surface area contributed by atoms with Crippen LogP contribution in [0.3, 0.4) is 0 Å². The number of nitro benzene ring substituents is 1. The number of para-hydroxylation sites is 1. The van der Waals surface area contributed by atoms with Crippen molar-refractivity contribution < 1.29 is 33.4 Å². The third kappa shape index (κ3) is 4.73. The van der Waals surface area contributed by atoms with E-state index in [1.165, 1.54) is 12.1 Å². The van der Waals surface area contributed by atoms with Crippen LogP contribution in [-0.4, -0.2) is 30.7 Å². The maximum absolute atomic E-state index is 12.9. The molecule has 0 bridgehead atoms. The van der Waals surface area contributed by atoms with E-state index in [-0.39, 0.29) is 38.1 Å². The minimum Gasteiger partial charge on any atom is -0.490 e. The minimum absolute atomic E-state index is 0.0354. The number of carbonyl (C=O) groups excluding carboxylic acids is 1. The van der Waals surface area contributed by atoms with E-state index in [1.54, 1.807) is 36.4 Å². The van der Waals surface area contributed by atoms with Gasteiger partial charge in [-0.3, -0.25) is 14.9 Å². The second kappa shape index (κ2) is 10.1. The Kier molecular flexibility index (Phi) is 6.55. The predicted molar refractivity (Wildman–Crippen MR) is 130 cm³/mol. The molecule has 5 rings (SSSR count). The van der Waals surface area contributed by atoms with Crippen LogP contribution in [0.2, 0.25) is 0 Å². The first-order valence-corrected chi connectivity index (χ1v) is 11.4. The molecule has 2 heterocycles. The standard InChI is InChI=1S/C27H23NO8/c1-2-33-25-10-17(9-18-14-34-23-6-4-3-5-22(23)26(18)29)7-8-24(25)35-15-20-12-21(28(30)31)11-19-13-32-16-36-27(19)20/h3-12H,2,13-16H2,1H3. The highest BCUT2D eigenvalue weighted by molar-refractivity contribution is 6.14. The Morgan fingerprint density at radius 3 is 2.72 bits per heavy atom. The van der Waals surface area contributed by atoms with Crippen LogP contribution in [0, 0.1) is 10.1 Å². The van der Waals surface area contributed by atoms with Crippen molar-refractivity contribution in [3.8, 4) is 23.0 Å². The number of fused-ring (bicyclic) bond motifs is 2. The topological polar surface area (TPSA) is 106 Å². The van der Waals surface area contributed by atoms with E-state index >= 15 is 0 Å². The fraction of sp³-hybridized carbons (Fsp3) is 0.222. The SMILES string of the molecule is CCOc1cc(C=C2COc3ccccc3C2=O)ccc1OCc1cc([N+](=O)[O-])cc2c1OCOC2. The summed E-state index contributed by atoms with van der Waals surface area (Å²) >= 11 is 0. The number of ketones is 1. The second-order valence-electron chi connectivity index (χ2n) is 8.17. The zero-order chi connectivity index (χ0) is 25.1. The van der Waals surface area contributed by atoms with Gasteiger partial charge in [0.1, 0.15) is 24.7 Å². The molecular formula is C27H23NO8. The third-order valence-electron chi connectivity index (χ3n) is 5.78.